The molecule has 0 radical (unpaired) electrons. The smallest absolute Gasteiger partial charge is 0.0497 e. The first-order valence-electron chi connectivity index (χ1n) is 8.26. The quantitative estimate of drug-likeness (QED) is 0.904. The minimum Gasteiger partial charge on any atom is -0.326 e. The molecule has 1 saturated heterocycles. The maximum atomic E-state index is 6.30. The second-order valence-corrected chi connectivity index (χ2v) is 6.95. The van der Waals surface area contributed by atoms with E-state index in [9.17, 15) is 0 Å². The summed E-state index contributed by atoms with van der Waals surface area (Å²) in [6.45, 7) is 14.6. The van der Waals surface area contributed by atoms with E-state index in [1.54, 1.807) is 0 Å². The molecule has 2 rings (SSSR count). The summed E-state index contributed by atoms with van der Waals surface area (Å²) in [6, 6.07) is 9.36. The molecule has 0 aromatic heterocycles. The second kappa shape index (κ2) is 7.39. The van der Waals surface area contributed by atoms with Gasteiger partial charge in [-0.05, 0) is 25.3 Å². The molecule has 2 N–H and O–H groups in total. The lowest BCUT2D eigenvalue weighted by Gasteiger charge is -2.41. The van der Waals surface area contributed by atoms with Gasteiger partial charge in [-0.1, -0.05) is 43.7 Å². The normalized spacial score (nSPS) is 20.7. The van der Waals surface area contributed by atoms with Crippen LogP contribution in [0.5, 0.6) is 0 Å². The Morgan fingerprint density at radius 1 is 1.00 bits per heavy atom. The molecule has 0 aliphatic carbocycles. The van der Waals surface area contributed by atoms with Gasteiger partial charge in [0.1, 0.15) is 0 Å². The van der Waals surface area contributed by atoms with Gasteiger partial charge in [-0.2, -0.15) is 0 Å². The molecule has 1 aromatic rings. The van der Waals surface area contributed by atoms with Crippen LogP contribution in [0.25, 0.3) is 0 Å². The lowest BCUT2D eigenvalue weighted by molar-refractivity contribution is 0.0805. The van der Waals surface area contributed by atoms with Crippen molar-refractivity contribution in [3.05, 3.63) is 35.4 Å². The van der Waals surface area contributed by atoms with Gasteiger partial charge >= 0.3 is 0 Å². The van der Waals surface area contributed by atoms with Crippen LogP contribution in [0.2, 0.25) is 0 Å². The first-order valence-corrected chi connectivity index (χ1v) is 8.26. The highest BCUT2D eigenvalue weighted by atomic mass is 15.3. The molecule has 3 heteroatoms. The monoisotopic (exact) mass is 289 g/mol. The van der Waals surface area contributed by atoms with E-state index in [0.29, 0.717) is 6.04 Å². The highest BCUT2D eigenvalue weighted by Crippen LogP contribution is 2.25. The van der Waals surface area contributed by atoms with Crippen molar-refractivity contribution in [1.82, 2.24) is 9.80 Å². The van der Waals surface area contributed by atoms with E-state index in [1.165, 1.54) is 17.7 Å². The van der Waals surface area contributed by atoms with E-state index in [4.69, 9.17) is 5.73 Å². The van der Waals surface area contributed by atoms with Crippen LogP contribution in [-0.4, -0.2) is 48.6 Å². The SMILES string of the molecule is Cc1ccc(C(C(C)N)N2CCN(CC(C)C)CC2)cc1. The summed E-state index contributed by atoms with van der Waals surface area (Å²) < 4.78 is 0. The molecule has 1 aliphatic heterocycles. The summed E-state index contributed by atoms with van der Waals surface area (Å²) in [7, 11) is 0. The zero-order valence-electron chi connectivity index (χ0n) is 14.0. The number of aryl methyl sites for hydroxylation is 1. The van der Waals surface area contributed by atoms with Gasteiger partial charge in [0.05, 0.1) is 0 Å². The molecule has 0 spiro atoms. The van der Waals surface area contributed by atoms with Crippen LogP contribution in [0.15, 0.2) is 24.3 Å². The van der Waals surface area contributed by atoms with Gasteiger partial charge in [0.15, 0.2) is 0 Å². The van der Waals surface area contributed by atoms with Crippen molar-refractivity contribution in [2.45, 2.75) is 39.8 Å². The van der Waals surface area contributed by atoms with Crippen LogP contribution in [-0.2, 0) is 0 Å². The van der Waals surface area contributed by atoms with Gasteiger partial charge in [-0.3, -0.25) is 4.90 Å². The summed E-state index contributed by atoms with van der Waals surface area (Å²) in [5.74, 6) is 0.748. The van der Waals surface area contributed by atoms with Crippen molar-refractivity contribution in [2.24, 2.45) is 11.7 Å². The molecule has 2 atom stereocenters. The molecule has 1 aromatic carbocycles. The third kappa shape index (κ3) is 4.53. The number of nitrogens with two attached hydrogens (primary N) is 1. The first-order chi connectivity index (χ1) is 9.97. The Morgan fingerprint density at radius 3 is 2.05 bits per heavy atom. The molecule has 1 aliphatic rings. The van der Waals surface area contributed by atoms with Crippen LogP contribution < -0.4 is 5.73 Å². The van der Waals surface area contributed by atoms with Gasteiger partial charge in [0, 0.05) is 44.8 Å². The fourth-order valence-corrected chi connectivity index (χ4v) is 3.35. The summed E-state index contributed by atoms with van der Waals surface area (Å²) in [4.78, 5) is 5.14. The first kappa shape index (κ1) is 16.5. The van der Waals surface area contributed by atoms with E-state index in [1.807, 2.05) is 0 Å². The lowest BCUT2D eigenvalue weighted by atomic mass is 9.97. The zero-order valence-corrected chi connectivity index (χ0v) is 14.0. The van der Waals surface area contributed by atoms with E-state index >= 15 is 0 Å². The van der Waals surface area contributed by atoms with Crippen LogP contribution >= 0.6 is 0 Å². The third-order valence-corrected chi connectivity index (χ3v) is 4.34. The van der Waals surface area contributed by atoms with Crippen LogP contribution in [0.3, 0.4) is 0 Å². The van der Waals surface area contributed by atoms with E-state index in [-0.39, 0.29) is 6.04 Å². The molecular weight excluding hydrogens is 258 g/mol. The van der Waals surface area contributed by atoms with Crippen LogP contribution in [0.4, 0.5) is 0 Å². The molecule has 0 saturated carbocycles. The highest BCUT2D eigenvalue weighted by Gasteiger charge is 2.27. The molecule has 2 unspecified atom stereocenters. The van der Waals surface area contributed by atoms with Crippen molar-refractivity contribution in [1.29, 1.82) is 0 Å². The highest BCUT2D eigenvalue weighted by molar-refractivity contribution is 5.25. The zero-order chi connectivity index (χ0) is 15.4. The molecule has 118 valence electrons. The van der Waals surface area contributed by atoms with E-state index in [0.717, 1.165) is 32.1 Å². The Bertz CT molecular complexity index is 417. The van der Waals surface area contributed by atoms with Crippen molar-refractivity contribution in [2.75, 3.05) is 32.7 Å². The van der Waals surface area contributed by atoms with Gasteiger partial charge in [0.25, 0.3) is 0 Å². The number of piperazine rings is 1. The summed E-state index contributed by atoms with van der Waals surface area (Å²) in [5.41, 5.74) is 8.96. The minimum atomic E-state index is 0.157. The Kier molecular flexibility index (Phi) is 5.80. The second-order valence-electron chi connectivity index (χ2n) is 6.95. The van der Waals surface area contributed by atoms with Crippen molar-refractivity contribution >= 4 is 0 Å². The molecule has 0 bridgehead atoms. The van der Waals surface area contributed by atoms with E-state index in [2.05, 4.69) is 61.8 Å². The molecular formula is C18H31N3. The van der Waals surface area contributed by atoms with Gasteiger partial charge in [-0.25, -0.2) is 0 Å². The van der Waals surface area contributed by atoms with Crippen LogP contribution in [0.1, 0.15) is 37.9 Å². The molecule has 1 fully saturated rings. The Labute approximate surface area is 130 Å². The third-order valence-electron chi connectivity index (χ3n) is 4.34. The Balaban J connectivity index is 2.02. The predicted molar refractivity (Wildman–Crippen MR) is 90.4 cm³/mol. The van der Waals surface area contributed by atoms with Crippen LogP contribution in [0, 0.1) is 12.8 Å². The molecule has 3 nitrogen and oxygen atoms in total. The summed E-state index contributed by atoms with van der Waals surface area (Å²) >= 11 is 0. The standard InChI is InChI=1S/C18H31N3/c1-14(2)13-20-9-11-21(12-10-20)18(16(4)19)17-7-5-15(3)6-8-17/h5-8,14,16,18H,9-13,19H2,1-4H3. The number of rotatable bonds is 5. The fourth-order valence-electron chi connectivity index (χ4n) is 3.35. The Hall–Kier alpha value is -0.900. The van der Waals surface area contributed by atoms with Gasteiger partial charge in [-0.15, -0.1) is 0 Å². The summed E-state index contributed by atoms with van der Waals surface area (Å²) in [6.07, 6.45) is 0. The topological polar surface area (TPSA) is 32.5 Å². The average molecular weight is 289 g/mol. The Morgan fingerprint density at radius 2 is 1.57 bits per heavy atom. The maximum Gasteiger partial charge on any atom is 0.0497 e. The average Bonchev–Trinajstić information content (AvgIpc) is 2.42. The van der Waals surface area contributed by atoms with Gasteiger partial charge in [0.2, 0.25) is 0 Å². The maximum absolute atomic E-state index is 6.30. The largest absolute Gasteiger partial charge is 0.326 e. The van der Waals surface area contributed by atoms with Crippen molar-refractivity contribution in [3.63, 3.8) is 0 Å². The van der Waals surface area contributed by atoms with Crippen molar-refractivity contribution < 1.29 is 0 Å². The van der Waals surface area contributed by atoms with E-state index < -0.39 is 0 Å². The minimum absolute atomic E-state index is 0.157. The van der Waals surface area contributed by atoms with Gasteiger partial charge < -0.3 is 10.6 Å². The number of benzene rings is 1. The predicted octanol–water partition coefficient (Wildman–Crippen LogP) is 2.66. The van der Waals surface area contributed by atoms with Crippen molar-refractivity contribution in [3.8, 4) is 0 Å². The lowest BCUT2D eigenvalue weighted by Crippen LogP contribution is -2.51. The number of nitrogens with zero attached hydrogens (tertiary/aromatic N) is 2. The molecule has 0 amide bonds. The fraction of sp³-hybridized carbons (Fsp3) is 0.667. The number of hydrogen-bond acceptors (Lipinski definition) is 3. The molecule has 1 heterocycles. The molecule has 21 heavy (non-hydrogen) atoms. The number of hydrogen-bond donors (Lipinski definition) is 1. The summed E-state index contributed by atoms with van der Waals surface area (Å²) in [5, 5.41) is 0.